The zero-order valence-electron chi connectivity index (χ0n) is 9.64. The van der Waals surface area contributed by atoms with Gasteiger partial charge in [-0.2, -0.15) is 0 Å². The van der Waals surface area contributed by atoms with Crippen LogP contribution in [0.25, 0.3) is 0 Å². The molecule has 0 aromatic carbocycles. The molecule has 0 aliphatic heterocycles. The molecule has 1 aromatic rings. The molecule has 0 aliphatic rings. The van der Waals surface area contributed by atoms with E-state index in [2.05, 4.69) is 0 Å². The molecule has 16 heavy (non-hydrogen) atoms. The summed E-state index contributed by atoms with van der Waals surface area (Å²) in [5.74, 6) is 0.959. The van der Waals surface area contributed by atoms with Gasteiger partial charge in [0.25, 0.3) is 0 Å². The molecular weight excluding hydrogens is 228 g/mol. The average molecular weight is 246 g/mol. The molecule has 0 atom stereocenters. The van der Waals surface area contributed by atoms with E-state index in [1.807, 2.05) is 18.0 Å². The highest BCUT2D eigenvalue weighted by atomic mass is 32.2. The summed E-state index contributed by atoms with van der Waals surface area (Å²) in [6, 6.07) is 1.83. The zero-order chi connectivity index (χ0) is 12.2. The van der Waals surface area contributed by atoms with Crippen molar-refractivity contribution in [3.8, 4) is 0 Å². The van der Waals surface area contributed by atoms with Gasteiger partial charge < -0.3 is 10.2 Å². The predicted octanol–water partition coefficient (Wildman–Crippen LogP) is 0.215. The molecular formula is C10H18N2O3S. The minimum absolute atomic E-state index is 0.155. The van der Waals surface area contributed by atoms with E-state index in [4.69, 9.17) is 10.2 Å². The SMILES string of the molecule is CN(CCS(C)(=O)=O)Cc1occc1CN. The van der Waals surface area contributed by atoms with Gasteiger partial charge in [0.1, 0.15) is 15.6 Å². The lowest BCUT2D eigenvalue weighted by atomic mass is 10.2. The summed E-state index contributed by atoms with van der Waals surface area (Å²) in [7, 11) is -1.06. The van der Waals surface area contributed by atoms with Gasteiger partial charge in [-0.15, -0.1) is 0 Å². The van der Waals surface area contributed by atoms with Crippen LogP contribution in [-0.2, 0) is 22.9 Å². The number of nitrogens with zero attached hydrogens (tertiary/aromatic N) is 1. The van der Waals surface area contributed by atoms with E-state index in [9.17, 15) is 8.42 Å². The average Bonchev–Trinajstić information content (AvgIpc) is 2.61. The minimum atomic E-state index is -2.91. The van der Waals surface area contributed by atoms with Gasteiger partial charge in [-0.3, -0.25) is 4.90 Å². The van der Waals surface area contributed by atoms with Gasteiger partial charge in [0.2, 0.25) is 0 Å². The van der Waals surface area contributed by atoms with Crippen molar-refractivity contribution in [2.24, 2.45) is 5.73 Å². The van der Waals surface area contributed by atoms with Crippen molar-refractivity contribution in [2.75, 3.05) is 25.6 Å². The third-order valence-electron chi connectivity index (χ3n) is 2.31. The Morgan fingerprint density at radius 1 is 1.50 bits per heavy atom. The summed E-state index contributed by atoms with van der Waals surface area (Å²) in [6.45, 7) is 1.50. The minimum Gasteiger partial charge on any atom is -0.468 e. The third-order valence-corrected chi connectivity index (χ3v) is 3.24. The quantitative estimate of drug-likeness (QED) is 0.776. The summed E-state index contributed by atoms with van der Waals surface area (Å²) in [5.41, 5.74) is 6.50. The first-order valence-corrected chi connectivity index (χ1v) is 7.10. The number of rotatable bonds is 6. The van der Waals surface area contributed by atoms with Crippen LogP contribution in [0.2, 0.25) is 0 Å². The van der Waals surface area contributed by atoms with Crippen molar-refractivity contribution in [1.82, 2.24) is 4.90 Å². The van der Waals surface area contributed by atoms with Gasteiger partial charge in [0.05, 0.1) is 18.6 Å². The molecule has 5 nitrogen and oxygen atoms in total. The van der Waals surface area contributed by atoms with Crippen LogP contribution in [-0.4, -0.2) is 38.9 Å². The van der Waals surface area contributed by atoms with Gasteiger partial charge in [0, 0.05) is 24.9 Å². The van der Waals surface area contributed by atoms with Crippen LogP contribution < -0.4 is 5.73 Å². The maximum atomic E-state index is 11.0. The first-order chi connectivity index (χ1) is 7.42. The molecule has 0 amide bonds. The van der Waals surface area contributed by atoms with Crippen LogP contribution in [0.3, 0.4) is 0 Å². The number of sulfone groups is 1. The fraction of sp³-hybridized carbons (Fsp3) is 0.600. The van der Waals surface area contributed by atoms with Gasteiger partial charge in [-0.25, -0.2) is 8.42 Å². The Hall–Kier alpha value is -0.850. The fourth-order valence-electron chi connectivity index (χ4n) is 1.33. The lowest BCUT2D eigenvalue weighted by Crippen LogP contribution is -2.25. The Morgan fingerprint density at radius 3 is 2.75 bits per heavy atom. The fourth-order valence-corrected chi connectivity index (χ4v) is 1.98. The monoisotopic (exact) mass is 246 g/mol. The molecule has 0 saturated carbocycles. The highest BCUT2D eigenvalue weighted by Gasteiger charge is 2.10. The smallest absolute Gasteiger partial charge is 0.148 e. The topological polar surface area (TPSA) is 76.5 Å². The molecule has 0 aliphatic carbocycles. The number of furan rings is 1. The second kappa shape index (κ2) is 5.47. The molecule has 2 N–H and O–H groups in total. The second-order valence-corrected chi connectivity index (χ2v) is 6.20. The Balaban J connectivity index is 2.48. The van der Waals surface area contributed by atoms with E-state index >= 15 is 0 Å². The van der Waals surface area contributed by atoms with Crippen molar-refractivity contribution < 1.29 is 12.8 Å². The van der Waals surface area contributed by atoms with Crippen molar-refractivity contribution in [2.45, 2.75) is 13.1 Å². The summed E-state index contributed by atoms with van der Waals surface area (Å²) in [4.78, 5) is 1.90. The van der Waals surface area contributed by atoms with E-state index in [0.717, 1.165) is 11.3 Å². The van der Waals surface area contributed by atoms with Gasteiger partial charge in [-0.1, -0.05) is 0 Å². The van der Waals surface area contributed by atoms with E-state index in [1.54, 1.807) is 6.26 Å². The Kier molecular flexibility index (Phi) is 4.52. The number of nitrogens with two attached hydrogens (primary N) is 1. The molecule has 1 rings (SSSR count). The van der Waals surface area contributed by atoms with Crippen molar-refractivity contribution in [3.05, 3.63) is 23.7 Å². The molecule has 0 fully saturated rings. The number of hydrogen-bond donors (Lipinski definition) is 1. The van der Waals surface area contributed by atoms with Crippen molar-refractivity contribution in [1.29, 1.82) is 0 Å². The van der Waals surface area contributed by atoms with Crippen LogP contribution >= 0.6 is 0 Å². The highest BCUT2D eigenvalue weighted by Crippen LogP contribution is 2.11. The van der Waals surface area contributed by atoms with Crippen LogP contribution in [0.1, 0.15) is 11.3 Å². The highest BCUT2D eigenvalue weighted by molar-refractivity contribution is 7.90. The normalized spacial score (nSPS) is 12.2. The van der Waals surface area contributed by atoms with Crippen LogP contribution in [0, 0.1) is 0 Å². The van der Waals surface area contributed by atoms with Crippen molar-refractivity contribution in [3.63, 3.8) is 0 Å². The maximum Gasteiger partial charge on any atom is 0.148 e. The molecule has 92 valence electrons. The zero-order valence-corrected chi connectivity index (χ0v) is 10.5. The summed E-state index contributed by atoms with van der Waals surface area (Å²) >= 11 is 0. The summed E-state index contributed by atoms with van der Waals surface area (Å²) in [5, 5.41) is 0. The molecule has 1 heterocycles. The molecule has 0 unspecified atom stereocenters. The largest absolute Gasteiger partial charge is 0.468 e. The second-order valence-electron chi connectivity index (χ2n) is 3.94. The predicted molar refractivity (Wildman–Crippen MR) is 62.6 cm³/mol. The maximum absolute atomic E-state index is 11.0. The molecule has 0 bridgehead atoms. The Bertz CT molecular complexity index is 425. The molecule has 0 saturated heterocycles. The molecule has 0 spiro atoms. The van der Waals surface area contributed by atoms with E-state index in [-0.39, 0.29) is 5.75 Å². The molecule has 0 radical (unpaired) electrons. The van der Waals surface area contributed by atoms with Gasteiger partial charge >= 0.3 is 0 Å². The summed E-state index contributed by atoms with van der Waals surface area (Å²) in [6.07, 6.45) is 2.83. The van der Waals surface area contributed by atoms with Crippen LogP contribution in [0.15, 0.2) is 16.7 Å². The van der Waals surface area contributed by atoms with Crippen LogP contribution in [0.5, 0.6) is 0 Å². The Labute approximate surface area is 96.1 Å². The summed E-state index contributed by atoms with van der Waals surface area (Å²) < 4.78 is 27.3. The van der Waals surface area contributed by atoms with Gasteiger partial charge in [0.15, 0.2) is 0 Å². The number of hydrogen-bond acceptors (Lipinski definition) is 5. The van der Waals surface area contributed by atoms with Crippen molar-refractivity contribution >= 4 is 9.84 Å². The van der Waals surface area contributed by atoms with Crippen LogP contribution in [0.4, 0.5) is 0 Å². The molecule has 1 aromatic heterocycles. The van der Waals surface area contributed by atoms with E-state index in [0.29, 0.717) is 19.6 Å². The van der Waals surface area contributed by atoms with E-state index in [1.165, 1.54) is 6.26 Å². The van der Waals surface area contributed by atoms with Gasteiger partial charge in [-0.05, 0) is 13.1 Å². The third kappa shape index (κ3) is 4.34. The van der Waals surface area contributed by atoms with E-state index < -0.39 is 9.84 Å². The standard InChI is InChI=1S/C10H18N2O3S/c1-12(4-6-16(2,13)14)8-10-9(7-11)3-5-15-10/h3,5H,4,6-8,11H2,1-2H3. The first-order valence-electron chi connectivity index (χ1n) is 5.04. The Morgan fingerprint density at radius 2 is 2.19 bits per heavy atom. The molecule has 6 heteroatoms. The lowest BCUT2D eigenvalue weighted by molar-refractivity contribution is 0.308. The first kappa shape index (κ1) is 13.2. The lowest BCUT2D eigenvalue weighted by Gasteiger charge is -2.14.